The van der Waals surface area contributed by atoms with Crippen molar-refractivity contribution in [3.63, 3.8) is 0 Å². The van der Waals surface area contributed by atoms with E-state index in [2.05, 4.69) is 10.3 Å². The van der Waals surface area contributed by atoms with E-state index in [9.17, 15) is 13.2 Å². The Labute approximate surface area is 136 Å². The summed E-state index contributed by atoms with van der Waals surface area (Å²) in [4.78, 5) is 3.06. The van der Waals surface area contributed by atoms with Crippen LogP contribution in [0.25, 0.3) is 0 Å². The lowest BCUT2D eigenvalue weighted by molar-refractivity contribution is -0.134. The summed E-state index contributed by atoms with van der Waals surface area (Å²) in [5, 5.41) is 3.21. The predicted molar refractivity (Wildman–Crippen MR) is 83.4 cm³/mol. The number of nitrogens with zero attached hydrogens (tertiary/aromatic N) is 1. The second-order valence-electron chi connectivity index (χ2n) is 4.96. The first-order valence-corrected chi connectivity index (χ1v) is 7.60. The van der Waals surface area contributed by atoms with Crippen LogP contribution in [-0.4, -0.2) is 19.2 Å². The molecule has 1 N–H and O–H groups in total. The standard InChI is InChI=1S/C15H17F3N2O2S/c1-8-5-11(21-3)12(22-4)6-10(8)9(2)20-14-19-7-13(23-14)15(16,17)18/h5-7,9H,1-4H3,(H,19,20). The Morgan fingerprint density at radius 3 is 2.30 bits per heavy atom. The molecule has 0 radical (unpaired) electrons. The van der Waals surface area contributed by atoms with Crippen molar-refractivity contribution in [3.8, 4) is 11.5 Å². The second-order valence-corrected chi connectivity index (χ2v) is 5.99. The molecule has 0 aliphatic rings. The van der Waals surface area contributed by atoms with Crippen molar-refractivity contribution < 1.29 is 22.6 Å². The van der Waals surface area contributed by atoms with E-state index in [1.807, 2.05) is 26.0 Å². The van der Waals surface area contributed by atoms with Gasteiger partial charge >= 0.3 is 6.18 Å². The van der Waals surface area contributed by atoms with Gasteiger partial charge < -0.3 is 14.8 Å². The van der Waals surface area contributed by atoms with Gasteiger partial charge in [0.25, 0.3) is 0 Å². The van der Waals surface area contributed by atoms with Crippen LogP contribution in [0.4, 0.5) is 18.3 Å². The smallest absolute Gasteiger partial charge is 0.427 e. The Bertz CT molecular complexity index is 686. The molecule has 2 aromatic rings. The third-order valence-electron chi connectivity index (χ3n) is 3.36. The fourth-order valence-electron chi connectivity index (χ4n) is 2.20. The normalized spacial score (nSPS) is 12.8. The highest BCUT2D eigenvalue weighted by Gasteiger charge is 2.33. The number of halogens is 3. The minimum atomic E-state index is -4.37. The highest BCUT2D eigenvalue weighted by Crippen LogP contribution is 2.37. The Kier molecular flexibility index (Phi) is 5.03. The molecule has 0 amide bonds. The third-order valence-corrected chi connectivity index (χ3v) is 4.34. The van der Waals surface area contributed by atoms with Crippen molar-refractivity contribution in [3.05, 3.63) is 34.3 Å². The average molecular weight is 346 g/mol. The number of alkyl halides is 3. The minimum Gasteiger partial charge on any atom is -0.493 e. The first kappa shape index (κ1) is 17.4. The topological polar surface area (TPSA) is 43.4 Å². The molecule has 0 aliphatic heterocycles. The number of ether oxygens (including phenoxy) is 2. The number of methoxy groups -OCH3 is 2. The summed E-state index contributed by atoms with van der Waals surface area (Å²) < 4.78 is 48.4. The maximum atomic E-state index is 12.6. The lowest BCUT2D eigenvalue weighted by Gasteiger charge is -2.18. The summed E-state index contributed by atoms with van der Waals surface area (Å²) in [6.45, 7) is 3.75. The van der Waals surface area contributed by atoms with E-state index in [4.69, 9.17) is 9.47 Å². The molecule has 1 unspecified atom stereocenters. The number of aryl methyl sites for hydroxylation is 1. The molecular weight excluding hydrogens is 329 g/mol. The maximum absolute atomic E-state index is 12.6. The predicted octanol–water partition coefficient (Wildman–Crippen LogP) is 4.66. The van der Waals surface area contributed by atoms with Crippen LogP contribution in [-0.2, 0) is 6.18 Å². The van der Waals surface area contributed by atoms with Gasteiger partial charge in [-0.1, -0.05) is 11.3 Å². The number of hydrogen-bond acceptors (Lipinski definition) is 5. The molecule has 1 atom stereocenters. The number of anilines is 1. The van der Waals surface area contributed by atoms with Gasteiger partial charge in [-0.05, 0) is 37.1 Å². The summed E-state index contributed by atoms with van der Waals surface area (Å²) >= 11 is 0.583. The van der Waals surface area contributed by atoms with Crippen molar-refractivity contribution >= 4 is 16.5 Å². The van der Waals surface area contributed by atoms with Crippen molar-refractivity contribution in [2.45, 2.75) is 26.1 Å². The van der Waals surface area contributed by atoms with E-state index in [0.717, 1.165) is 17.3 Å². The van der Waals surface area contributed by atoms with E-state index in [0.29, 0.717) is 22.8 Å². The first-order chi connectivity index (χ1) is 10.8. The van der Waals surface area contributed by atoms with Crippen LogP contribution in [0.15, 0.2) is 18.3 Å². The molecule has 1 heterocycles. The highest BCUT2D eigenvalue weighted by molar-refractivity contribution is 7.15. The van der Waals surface area contributed by atoms with E-state index in [1.54, 1.807) is 7.11 Å². The van der Waals surface area contributed by atoms with Crippen molar-refractivity contribution in [1.82, 2.24) is 4.98 Å². The molecule has 126 valence electrons. The van der Waals surface area contributed by atoms with E-state index in [1.165, 1.54) is 7.11 Å². The molecule has 1 aromatic carbocycles. The summed E-state index contributed by atoms with van der Waals surface area (Å²) in [5.74, 6) is 1.17. The molecule has 0 saturated carbocycles. The lowest BCUT2D eigenvalue weighted by Crippen LogP contribution is -2.08. The molecule has 0 fully saturated rings. The molecule has 0 aliphatic carbocycles. The fraction of sp³-hybridized carbons (Fsp3) is 0.400. The van der Waals surface area contributed by atoms with Crippen molar-refractivity contribution in [2.24, 2.45) is 0 Å². The molecule has 23 heavy (non-hydrogen) atoms. The van der Waals surface area contributed by atoms with Gasteiger partial charge in [-0.15, -0.1) is 0 Å². The molecule has 0 bridgehead atoms. The van der Waals surface area contributed by atoms with Gasteiger partial charge in [0.2, 0.25) is 0 Å². The molecule has 0 spiro atoms. The monoisotopic (exact) mass is 346 g/mol. The maximum Gasteiger partial charge on any atom is 0.427 e. The Morgan fingerprint density at radius 2 is 1.78 bits per heavy atom. The molecule has 4 nitrogen and oxygen atoms in total. The zero-order valence-electron chi connectivity index (χ0n) is 13.1. The number of thiazole rings is 1. The lowest BCUT2D eigenvalue weighted by atomic mass is 10.0. The van der Waals surface area contributed by atoms with E-state index >= 15 is 0 Å². The Hall–Kier alpha value is -1.96. The summed E-state index contributed by atoms with van der Waals surface area (Å²) in [5.41, 5.74) is 1.83. The first-order valence-electron chi connectivity index (χ1n) is 6.78. The zero-order chi connectivity index (χ0) is 17.2. The van der Waals surface area contributed by atoms with Crippen LogP contribution in [0.5, 0.6) is 11.5 Å². The Balaban J connectivity index is 2.24. The van der Waals surface area contributed by atoms with Crippen molar-refractivity contribution in [1.29, 1.82) is 0 Å². The zero-order valence-corrected chi connectivity index (χ0v) is 13.9. The summed E-state index contributed by atoms with van der Waals surface area (Å²) in [6.07, 6.45) is -3.54. The highest BCUT2D eigenvalue weighted by atomic mass is 32.1. The third kappa shape index (κ3) is 3.87. The molecule has 0 saturated heterocycles. The van der Waals surface area contributed by atoms with Crippen LogP contribution >= 0.6 is 11.3 Å². The second kappa shape index (κ2) is 6.66. The SMILES string of the molecule is COc1cc(C)c(C(C)Nc2ncc(C(F)(F)F)s2)cc1OC. The van der Waals surface area contributed by atoms with Gasteiger partial charge in [-0.3, -0.25) is 0 Å². The number of aromatic nitrogens is 1. The Morgan fingerprint density at radius 1 is 1.17 bits per heavy atom. The van der Waals surface area contributed by atoms with Gasteiger partial charge in [0.05, 0.1) is 26.5 Å². The minimum absolute atomic E-state index is 0.221. The number of hydrogen-bond donors (Lipinski definition) is 1. The number of benzene rings is 1. The van der Waals surface area contributed by atoms with Crippen LogP contribution in [0.2, 0.25) is 0 Å². The number of rotatable bonds is 5. The van der Waals surface area contributed by atoms with Crippen LogP contribution in [0, 0.1) is 6.92 Å². The molecular formula is C15H17F3N2O2S. The molecule has 2 rings (SSSR count). The van der Waals surface area contributed by atoms with Crippen LogP contribution < -0.4 is 14.8 Å². The van der Waals surface area contributed by atoms with Gasteiger partial charge in [0.1, 0.15) is 4.88 Å². The summed E-state index contributed by atoms with van der Waals surface area (Å²) in [6, 6.07) is 3.40. The van der Waals surface area contributed by atoms with Crippen molar-refractivity contribution in [2.75, 3.05) is 19.5 Å². The van der Waals surface area contributed by atoms with E-state index in [-0.39, 0.29) is 11.2 Å². The van der Waals surface area contributed by atoms with Crippen LogP contribution in [0.1, 0.15) is 29.0 Å². The average Bonchev–Trinajstić information content (AvgIpc) is 2.95. The molecule has 8 heteroatoms. The molecule has 1 aromatic heterocycles. The largest absolute Gasteiger partial charge is 0.493 e. The van der Waals surface area contributed by atoms with Crippen LogP contribution in [0.3, 0.4) is 0 Å². The van der Waals surface area contributed by atoms with E-state index < -0.39 is 11.1 Å². The number of nitrogens with one attached hydrogen (secondary N) is 1. The van der Waals surface area contributed by atoms with Gasteiger partial charge in [-0.25, -0.2) is 4.98 Å². The quantitative estimate of drug-likeness (QED) is 0.855. The fourth-order valence-corrected chi connectivity index (χ4v) is 2.97. The van der Waals surface area contributed by atoms with Gasteiger partial charge in [0.15, 0.2) is 16.6 Å². The van der Waals surface area contributed by atoms with Gasteiger partial charge in [0, 0.05) is 0 Å². The summed E-state index contributed by atoms with van der Waals surface area (Å²) in [7, 11) is 3.08. The van der Waals surface area contributed by atoms with Gasteiger partial charge in [-0.2, -0.15) is 13.2 Å².